The zero-order chi connectivity index (χ0) is 26.2. The van der Waals surface area contributed by atoms with E-state index in [1.54, 1.807) is 40.0 Å². The summed E-state index contributed by atoms with van der Waals surface area (Å²) in [5, 5.41) is 2.92. The van der Waals surface area contributed by atoms with Gasteiger partial charge in [0.15, 0.2) is 0 Å². The van der Waals surface area contributed by atoms with E-state index in [0.29, 0.717) is 43.2 Å². The van der Waals surface area contributed by atoms with E-state index in [1.807, 2.05) is 49.3 Å². The molecule has 196 valence electrons. The molecule has 37 heavy (non-hydrogen) atoms. The molecule has 5 rings (SSSR count). The normalized spacial score (nSPS) is 21.0. The lowest BCUT2D eigenvalue weighted by atomic mass is 10.1. The molecular formula is C26H31N5O5S. The number of imidazole rings is 1. The Morgan fingerprint density at radius 3 is 2.46 bits per heavy atom. The number of aromatic nitrogens is 2. The number of carbonyl (C=O) groups excluding carboxylic acids is 2. The fraction of sp³-hybridized carbons (Fsp3) is 0.423. The fourth-order valence-electron chi connectivity index (χ4n) is 4.48. The summed E-state index contributed by atoms with van der Waals surface area (Å²) in [4.78, 5) is 31.6. The van der Waals surface area contributed by atoms with E-state index in [9.17, 15) is 13.8 Å². The van der Waals surface area contributed by atoms with Crippen LogP contribution in [0.3, 0.4) is 0 Å². The molecule has 0 saturated carbocycles. The van der Waals surface area contributed by atoms with Crippen molar-refractivity contribution in [3.8, 4) is 0 Å². The quantitative estimate of drug-likeness (QED) is 0.549. The van der Waals surface area contributed by atoms with Gasteiger partial charge < -0.3 is 24.1 Å². The summed E-state index contributed by atoms with van der Waals surface area (Å²) in [6.45, 7) is 7.63. The number of benzene rings is 1. The van der Waals surface area contributed by atoms with Crippen molar-refractivity contribution >= 4 is 28.6 Å². The van der Waals surface area contributed by atoms with Crippen molar-refractivity contribution in [2.45, 2.75) is 50.0 Å². The second-order valence-electron chi connectivity index (χ2n) is 10.3. The van der Waals surface area contributed by atoms with Crippen LogP contribution in [0, 0.1) is 0 Å². The van der Waals surface area contributed by atoms with Crippen LogP contribution >= 0.6 is 0 Å². The van der Waals surface area contributed by atoms with Gasteiger partial charge in [0.25, 0.3) is 5.91 Å². The Morgan fingerprint density at radius 1 is 1.08 bits per heavy atom. The first-order chi connectivity index (χ1) is 17.6. The Labute approximate surface area is 218 Å². The smallest absolute Gasteiger partial charge is 0.410 e. The van der Waals surface area contributed by atoms with Crippen LogP contribution in [0.2, 0.25) is 0 Å². The minimum absolute atomic E-state index is 0.177. The number of rotatable bonds is 5. The van der Waals surface area contributed by atoms with E-state index in [0.717, 1.165) is 11.2 Å². The Bertz CT molecular complexity index is 1300. The van der Waals surface area contributed by atoms with E-state index in [2.05, 4.69) is 10.3 Å². The topological polar surface area (TPSA) is 105 Å². The molecule has 2 aromatic heterocycles. The standard InChI is InChI=1S/C26H31N5O5S/c1-26(2,3)36-25(33)30-14-20-16-31(17-21(15-30)35-20)37(34)22-7-4-18(5-8-22)12-28-24(32)19-6-9-23-27-10-11-29(23)13-19/h4-11,13,20-21H,12,14-17H2,1-3H3,(H,28,32). The minimum atomic E-state index is -1.35. The molecule has 4 heterocycles. The molecule has 3 unspecified atom stereocenters. The van der Waals surface area contributed by atoms with Gasteiger partial charge in [-0.25, -0.2) is 18.3 Å². The summed E-state index contributed by atoms with van der Waals surface area (Å²) < 4.78 is 28.5. The molecule has 0 aliphatic carbocycles. The number of nitrogens with one attached hydrogen (secondary N) is 1. The number of hydrogen-bond donors (Lipinski definition) is 1. The van der Waals surface area contributed by atoms with Gasteiger partial charge >= 0.3 is 6.09 Å². The lowest BCUT2D eigenvalue weighted by Gasteiger charge is -2.45. The number of hydrogen-bond acceptors (Lipinski definition) is 6. The van der Waals surface area contributed by atoms with Gasteiger partial charge in [-0.1, -0.05) is 12.1 Å². The molecule has 1 aromatic carbocycles. The zero-order valence-electron chi connectivity index (χ0n) is 21.1. The maximum Gasteiger partial charge on any atom is 0.410 e. The van der Waals surface area contributed by atoms with Crippen LogP contribution in [0.25, 0.3) is 5.65 Å². The van der Waals surface area contributed by atoms with Crippen molar-refractivity contribution in [3.63, 3.8) is 0 Å². The molecule has 11 heteroatoms. The molecule has 2 bridgehead atoms. The molecule has 0 spiro atoms. The highest BCUT2D eigenvalue weighted by molar-refractivity contribution is 7.82. The van der Waals surface area contributed by atoms with Gasteiger partial charge in [-0.2, -0.15) is 0 Å². The van der Waals surface area contributed by atoms with Crippen molar-refractivity contribution < 1.29 is 23.3 Å². The second kappa shape index (κ2) is 10.2. The van der Waals surface area contributed by atoms with E-state index in [-0.39, 0.29) is 24.2 Å². The van der Waals surface area contributed by atoms with Gasteiger partial charge in [-0.05, 0) is 50.6 Å². The first-order valence-corrected chi connectivity index (χ1v) is 13.4. The molecule has 1 N–H and O–H groups in total. The van der Waals surface area contributed by atoms with Crippen LogP contribution in [0.15, 0.2) is 59.9 Å². The molecule has 3 atom stereocenters. The zero-order valence-corrected chi connectivity index (χ0v) is 21.9. The maximum absolute atomic E-state index is 13.3. The van der Waals surface area contributed by atoms with Gasteiger partial charge in [0.1, 0.15) is 22.2 Å². The lowest BCUT2D eigenvalue weighted by Crippen LogP contribution is -2.61. The third-order valence-electron chi connectivity index (χ3n) is 6.16. The average Bonchev–Trinajstić information content (AvgIpc) is 3.33. The monoisotopic (exact) mass is 525 g/mol. The molecule has 0 radical (unpaired) electrons. The van der Waals surface area contributed by atoms with E-state index in [4.69, 9.17) is 9.47 Å². The van der Waals surface area contributed by atoms with Crippen molar-refractivity contribution in [1.82, 2.24) is 23.9 Å². The van der Waals surface area contributed by atoms with Gasteiger partial charge in [0.2, 0.25) is 0 Å². The number of amides is 2. The summed E-state index contributed by atoms with van der Waals surface area (Å²) in [6, 6.07) is 10.9. The van der Waals surface area contributed by atoms with Crippen molar-refractivity contribution in [2.24, 2.45) is 0 Å². The van der Waals surface area contributed by atoms with Gasteiger partial charge in [-0.15, -0.1) is 0 Å². The largest absolute Gasteiger partial charge is 0.444 e. The van der Waals surface area contributed by atoms with E-state index < -0.39 is 16.6 Å². The van der Waals surface area contributed by atoms with Crippen LogP contribution in [-0.2, 0) is 27.0 Å². The molecule has 2 fully saturated rings. The molecule has 2 aliphatic rings. The van der Waals surface area contributed by atoms with Crippen molar-refractivity contribution in [1.29, 1.82) is 0 Å². The van der Waals surface area contributed by atoms with Crippen LogP contribution < -0.4 is 5.32 Å². The number of fused-ring (bicyclic) bond motifs is 3. The molecule has 3 aromatic rings. The van der Waals surface area contributed by atoms with Crippen molar-refractivity contribution in [2.75, 3.05) is 26.2 Å². The van der Waals surface area contributed by atoms with E-state index >= 15 is 0 Å². The number of morpholine rings is 2. The van der Waals surface area contributed by atoms with E-state index in [1.165, 1.54) is 0 Å². The van der Waals surface area contributed by atoms with Gasteiger partial charge in [-0.3, -0.25) is 4.79 Å². The SMILES string of the molecule is CC(C)(C)OC(=O)N1CC2CN(S(=O)c3ccc(CNC(=O)c4ccc5nccn5c4)cc3)CC(C1)O2. The summed E-state index contributed by atoms with van der Waals surface area (Å²) in [7, 11) is -1.35. The summed E-state index contributed by atoms with van der Waals surface area (Å²) in [6.07, 6.45) is 4.44. The first kappa shape index (κ1) is 25.4. The highest BCUT2D eigenvalue weighted by atomic mass is 32.2. The number of pyridine rings is 1. The third-order valence-corrected chi connectivity index (χ3v) is 7.61. The average molecular weight is 526 g/mol. The maximum atomic E-state index is 13.3. The third kappa shape index (κ3) is 6.00. The molecular weight excluding hydrogens is 494 g/mol. The summed E-state index contributed by atoms with van der Waals surface area (Å²) in [5.41, 5.74) is 1.68. The molecule has 10 nitrogen and oxygen atoms in total. The minimum Gasteiger partial charge on any atom is -0.444 e. The van der Waals surface area contributed by atoms with Crippen LogP contribution in [-0.4, -0.2) is 78.8 Å². The number of ether oxygens (including phenoxy) is 2. The molecule has 2 amide bonds. The number of carbonyl (C=O) groups is 2. The highest BCUT2D eigenvalue weighted by Crippen LogP contribution is 2.24. The van der Waals surface area contributed by atoms with Crippen molar-refractivity contribution in [3.05, 3.63) is 66.1 Å². The van der Waals surface area contributed by atoms with Gasteiger partial charge in [0, 0.05) is 38.2 Å². The predicted octanol–water partition coefficient (Wildman–Crippen LogP) is 2.61. The van der Waals surface area contributed by atoms with Crippen LogP contribution in [0.4, 0.5) is 4.79 Å². The Kier molecular flexibility index (Phi) is 7.02. The number of nitrogens with zero attached hydrogens (tertiary/aromatic N) is 4. The first-order valence-electron chi connectivity index (χ1n) is 12.2. The highest BCUT2D eigenvalue weighted by Gasteiger charge is 2.39. The lowest BCUT2D eigenvalue weighted by molar-refractivity contribution is -0.120. The Hall–Kier alpha value is -3.28. The van der Waals surface area contributed by atoms with Crippen LogP contribution in [0.1, 0.15) is 36.7 Å². The van der Waals surface area contributed by atoms with Crippen LogP contribution in [0.5, 0.6) is 0 Å². The summed E-state index contributed by atoms with van der Waals surface area (Å²) >= 11 is 0. The molecule has 2 saturated heterocycles. The van der Waals surface area contributed by atoms with Gasteiger partial charge in [0.05, 0.1) is 35.8 Å². The Morgan fingerprint density at radius 2 is 1.78 bits per heavy atom. The fourth-order valence-corrected chi connectivity index (χ4v) is 5.75. The predicted molar refractivity (Wildman–Crippen MR) is 137 cm³/mol. The summed E-state index contributed by atoms with van der Waals surface area (Å²) in [5.74, 6) is -0.177. The second-order valence-corrected chi connectivity index (χ2v) is 11.8. The molecule has 2 aliphatic heterocycles. The Balaban J connectivity index is 1.15.